The van der Waals surface area contributed by atoms with E-state index in [-0.39, 0.29) is 16.1 Å². The lowest BCUT2D eigenvalue weighted by atomic mass is 10.1. The number of hydrogen-bond acceptors (Lipinski definition) is 4. The van der Waals surface area contributed by atoms with Crippen LogP contribution in [0.4, 0.5) is 0 Å². The number of carboxylic acid groups (broad SMARTS) is 1. The van der Waals surface area contributed by atoms with Crippen molar-refractivity contribution >= 4 is 17.6 Å². The fourth-order valence-corrected chi connectivity index (χ4v) is 1.14. The minimum atomic E-state index is -1.38. The van der Waals surface area contributed by atoms with Crippen LogP contribution in [-0.4, -0.2) is 10.9 Å². The minimum Gasteiger partial charge on any atom is -0.545 e. The van der Waals surface area contributed by atoms with E-state index in [4.69, 9.17) is 11.6 Å². The van der Waals surface area contributed by atoms with E-state index in [1.807, 2.05) is 0 Å². The van der Waals surface area contributed by atoms with Crippen molar-refractivity contribution in [1.82, 2.24) is 0 Å². The second kappa shape index (κ2) is 4.06. The van der Waals surface area contributed by atoms with Crippen molar-refractivity contribution in [3.05, 3.63) is 44.5 Å². The lowest BCUT2D eigenvalue weighted by molar-refractivity contribution is -0.496. The van der Waals surface area contributed by atoms with Gasteiger partial charge in [-0.05, 0) is 17.7 Å². The summed E-state index contributed by atoms with van der Waals surface area (Å²) < 4.78 is 0. The van der Waals surface area contributed by atoms with E-state index in [0.717, 1.165) is 6.07 Å². The number of hydrogen-bond donors (Lipinski definition) is 0. The highest BCUT2D eigenvalue weighted by Gasteiger charge is 2.08. The highest BCUT2D eigenvalue weighted by molar-refractivity contribution is 6.31. The molecule has 1 rings (SSSR count). The minimum absolute atomic E-state index is 0.119. The monoisotopic (exact) mass is 214 g/mol. The molecule has 0 spiro atoms. The number of carbonyl (C=O) groups excluding carboxylic acids is 1. The third-order valence-electron chi connectivity index (χ3n) is 1.58. The molecule has 0 aliphatic heterocycles. The van der Waals surface area contributed by atoms with Crippen LogP contribution in [-0.2, 0) is 6.54 Å². The maximum absolute atomic E-state index is 10.4. The maximum Gasteiger partial charge on any atom is 0.230 e. The zero-order valence-corrected chi connectivity index (χ0v) is 7.65. The molecule has 0 saturated heterocycles. The summed E-state index contributed by atoms with van der Waals surface area (Å²) in [5.74, 6) is -1.38. The van der Waals surface area contributed by atoms with Crippen LogP contribution in [0, 0.1) is 10.1 Å². The molecule has 0 aliphatic rings. The molecule has 5 nitrogen and oxygen atoms in total. The van der Waals surface area contributed by atoms with Crippen LogP contribution in [0.25, 0.3) is 0 Å². The van der Waals surface area contributed by atoms with Crippen LogP contribution in [0.5, 0.6) is 0 Å². The van der Waals surface area contributed by atoms with E-state index in [9.17, 15) is 20.0 Å². The SMILES string of the molecule is O=C([O-])c1ccc(Cl)c(C[N+](=O)[O-])c1. The first-order valence-electron chi connectivity index (χ1n) is 3.62. The standard InChI is InChI=1S/C8H6ClNO4/c9-7-2-1-5(8(11)12)3-6(7)4-10(13)14/h1-3H,4H2,(H,11,12)/p-1. The summed E-state index contributed by atoms with van der Waals surface area (Å²) in [4.78, 5) is 20.0. The summed E-state index contributed by atoms with van der Waals surface area (Å²) in [5.41, 5.74) is 0.0459. The van der Waals surface area contributed by atoms with Crippen molar-refractivity contribution in [2.24, 2.45) is 0 Å². The number of benzene rings is 1. The van der Waals surface area contributed by atoms with Gasteiger partial charge in [0.25, 0.3) is 0 Å². The fraction of sp³-hybridized carbons (Fsp3) is 0.125. The van der Waals surface area contributed by atoms with Crippen molar-refractivity contribution in [1.29, 1.82) is 0 Å². The first-order valence-corrected chi connectivity index (χ1v) is 4.00. The van der Waals surface area contributed by atoms with E-state index in [0.29, 0.717) is 0 Å². The number of nitro groups is 1. The van der Waals surface area contributed by atoms with Crippen LogP contribution in [0.2, 0.25) is 5.02 Å². The predicted octanol–water partition coefficient (Wildman–Crippen LogP) is 0.480. The Kier molecular flexibility index (Phi) is 3.03. The van der Waals surface area contributed by atoms with Gasteiger partial charge in [0.05, 0.1) is 11.0 Å². The van der Waals surface area contributed by atoms with Gasteiger partial charge >= 0.3 is 0 Å². The molecule has 1 aromatic rings. The average molecular weight is 215 g/mol. The number of carboxylic acids is 1. The Hall–Kier alpha value is -1.62. The van der Waals surface area contributed by atoms with Gasteiger partial charge in [0, 0.05) is 10.5 Å². The van der Waals surface area contributed by atoms with Crippen LogP contribution < -0.4 is 5.11 Å². The fourth-order valence-electron chi connectivity index (χ4n) is 0.962. The van der Waals surface area contributed by atoms with Gasteiger partial charge < -0.3 is 9.90 Å². The van der Waals surface area contributed by atoms with Crippen LogP contribution in [0.1, 0.15) is 15.9 Å². The molecule has 0 aromatic heterocycles. The van der Waals surface area contributed by atoms with Crippen molar-refractivity contribution in [2.45, 2.75) is 6.54 Å². The summed E-state index contributed by atoms with van der Waals surface area (Å²) in [6.07, 6.45) is 0. The molecule has 0 amide bonds. The van der Waals surface area contributed by atoms with E-state index in [2.05, 4.69) is 0 Å². The third kappa shape index (κ3) is 2.43. The molecule has 0 N–H and O–H groups in total. The van der Waals surface area contributed by atoms with Gasteiger partial charge in [-0.15, -0.1) is 0 Å². The molecule has 74 valence electrons. The Bertz CT molecular complexity index is 391. The quantitative estimate of drug-likeness (QED) is 0.541. The second-order valence-corrected chi connectivity index (χ2v) is 2.99. The van der Waals surface area contributed by atoms with Gasteiger partial charge in [-0.25, -0.2) is 0 Å². The Morgan fingerprint density at radius 2 is 2.14 bits per heavy atom. The smallest absolute Gasteiger partial charge is 0.230 e. The number of nitrogens with zero attached hydrogens (tertiary/aromatic N) is 1. The van der Waals surface area contributed by atoms with Crippen molar-refractivity contribution in [3.63, 3.8) is 0 Å². The molecule has 0 saturated carbocycles. The van der Waals surface area contributed by atoms with Crippen LogP contribution in [0.3, 0.4) is 0 Å². The third-order valence-corrected chi connectivity index (χ3v) is 1.95. The molecular formula is C8H5ClNO4-. The molecule has 14 heavy (non-hydrogen) atoms. The average Bonchev–Trinajstić information content (AvgIpc) is 2.07. The van der Waals surface area contributed by atoms with Gasteiger partial charge in [0.1, 0.15) is 0 Å². The Labute approximate surface area is 84.1 Å². The van der Waals surface area contributed by atoms with Gasteiger partial charge in [-0.2, -0.15) is 0 Å². The normalized spacial score (nSPS) is 9.79. The molecule has 6 heteroatoms. The summed E-state index contributed by atoms with van der Waals surface area (Å²) >= 11 is 5.63. The van der Waals surface area contributed by atoms with Gasteiger partial charge in [0.2, 0.25) is 6.54 Å². The van der Waals surface area contributed by atoms with Gasteiger partial charge in [-0.1, -0.05) is 17.7 Å². The van der Waals surface area contributed by atoms with E-state index in [1.54, 1.807) is 0 Å². The summed E-state index contributed by atoms with van der Waals surface area (Å²) in [5, 5.41) is 20.8. The first-order chi connectivity index (χ1) is 6.50. The van der Waals surface area contributed by atoms with Crippen molar-refractivity contribution in [2.75, 3.05) is 0 Å². The molecule has 0 radical (unpaired) electrons. The second-order valence-electron chi connectivity index (χ2n) is 2.58. The van der Waals surface area contributed by atoms with E-state index in [1.165, 1.54) is 12.1 Å². The van der Waals surface area contributed by atoms with Crippen molar-refractivity contribution < 1.29 is 14.8 Å². The first kappa shape index (κ1) is 10.5. The Morgan fingerprint density at radius 1 is 1.50 bits per heavy atom. The molecule has 0 heterocycles. The molecule has 0 unspecified atom stereocenters. The van der Waals surface area contributed by atoms with E-state index < -0.39 is 17.4 Å². The summed E-state index contributed by atoms with van der Waals surface area (Å²) in [6, 6.07) is 3.67. The largest absolute Gasteiger partial charge is 0.545 e. The summed E-state index contributed by atoms with van der Waals surface area (Å²) in [7, 11) is 0. The van der Waals surface area contributed by atoms with Crippen LogP contribution >= 0.6 is 11.6 Å². The molecule has 0 fully saturated rings. The molecule has 0 atom stereocenters. The zero-order chi connectivity index (χ0) is 10.7. The highest BCUT2D eigenvalue weighted by atomic mass is 35.5. The molecule has 0 bridgehead atoms. The maximum atomic E-state index is 10.4. The summed E-state index contributed by atoms with van der Waals surface area (Å²) in [6.45, 7) is -0.500. The lowest BCUT2D eigenvalue weighted by Gasteiger charge is -2.04. The van der Waals surface area contributed by atoms with E-state index >= 15 is 0 Å². The zero-order valence-electron chi connectivity index (χ0n) is 6.90. The molecule has 1 aromatic carbocycles. The predicted molar refractivity (Wildman–Crippen MR) is 46.5 cm³/mol. The number of aromatic carboxylic acids is 1. The topological polar surface area (TPSA) is 83.3 Å². The van der Waals surface area contributed by atoms with Crippen molar-refractivity contribution in [3.8, 4) is 0 Å². The highest BCUT2D eigenvalue weighted by Crippen LogP contribution is 2.18. The number of rotatable bonds is 3. The number of carbonyl (C=O) groups is 1. The Balaban J connectivity index is 3.08. The Morgan fingerprint density at radius 3 is 2.64 bits per heavy atom. The number of halogens is 1. The van der Waals surface area contributed by atoms with Gasteiger partial charge in [0.15, 0.2) is 0 Å². The molecular weight excluding hydrogens is 210 g/mol. The lowest BCUT2D eigenvalue weighted by Crippen LogP contribution is -2.22. The van der Waals surface area contributed by atoms with Gasteiger partial charge in [-0.3, -0.25) is 10.1 Å². The van der Waals surface area contributed by atoms with Crippen LogP contribution in [0.15, 0.2) is 18.2 Å². The molecule has 0 aliphatic carbocycles.